The molecule has 0 spiro atoms. The minimum atomic E-state index is 0.00349. The molecule has 4 rings (SSSR count). The van der Waals surface area contributed by atoms with E-state index in [1.54, 1.807) is 23.5 Å². The summed E-state index contributed by atoms with van der Waals surface area (Å²) in [5, 5.41) is 6.24. The van der Waals surface area contributed by atoms with E-state index in [0.717, 1.165) is 30.4 Å². The Morgan fingerprint density at radius 2 is 2.33 bits per heavy atom. The number of fused-ring (bicyclic) bond motifs is 2. The molecule has 1 aromatic carbocycles. The monoisotopic (exact) mass is 317 g/mol. The second-order valence-electron chi connectivity index (χ2n) is 5.18. The highest BCUT2D eigenvalue weighted by atomic mass is 32.2. The predicted octanol–water partition coefficient (Wildman–Crippen LogP) is 2.08. The Hall–Kier alpha value is -1.40. The van der Waals surface area contributed by atoms with Gasteiger partial charge in [0.15, 0.2) is 5.17 Å². The standard InChI is InChI=1S/C15H15N3OS2/c19-14(13-7-10-3-1-2-4-12(10)21-13)17-8-11-9-20-15-16-5-6-18(11)15/h1-4,9,13H,5-8H2,(H,17,19). The van der Waals surface area contributed by atoms with Gasteiger partial charge in [0, 0.05) is 22.5 Å². The van der Waals surface area contributed by atoms with Gasteiger partial charge in [0.1, 0.15) is 0 Å². The fourth-order valence-electron chi connectivity index (χ4n) is 2.74. The number of nitrogens with one attached hydrogen (secondary N) is 1. The maximum atomic E-state index is 12.3. The fourth-order valence-corrected chi connectivity index (χ4v) is 4.91. The van der Waals surface area contributed by atoms with E-state index in [0.29, 0.717) is 6.54 Å². The van der Waals surface area contributed by atoms with Gasteiger partial charge in [-0.05, 0) is 18.1 Å². The van der Waals surface area contributed by atoms with Gasteiger partial charge in [-0.25, -0.2) is 0 Å². The molecule has 0 radical (unpaired) electrons. The Kier molecular flexibility index (Phi) is 3.43. The summed E-state index contributed by atoms with van der Waals surface area (Å²) in [6.45, 7) is 2.40. The van der Waals surface area contributed by atoms with Crippen LogP contribution in [0.2, 0.25) is 0 Å². The number of amides is 1. The molecular formula is C15H15N3OS2. The van der Waals surface area contributed by atoms with Crippen LogP contribution < -0.4 is 5.32 Å². The van der Waals surface area contributed by atoms with Crippen LogP contribution in [-0.2, 0) is 11.2 Å². The average molecular weight is 317 g/mol. The molecule has 3 aliphatic heterocycles. The van der Waals surface area contributed by atoms with Crippen LogP contribution in [-0.4, -0.2) is 40.9 Å². The third-order valence-electron chi connectivity index (χ3n) is 3.83. The van der Waals surface area contributed by atoms with Gasteiger partial charge < -0.3 is 10.2 Å². The zero-order valence-electron chi connectivity index (χ0n) is 11.4. The molecule has 0 saturated heterocycles. The summed E-state index contributed by atoms with van der Waals surface area (Å²) in [4.78, 5) is 20.2. The topological polar surface area (TPSA) is 44.7 Å². The Balaban J connectivity index is 1.35. The maximum absolute atomic E-state index is 12.3. The zero-order valence-corrected chi connectivity index (χ0v) is 13.0. The summed E-state index contributed by atoms with van der Waals surface area (Å²) in [6.07, 6.45) is 0.830. The van der Waals surface area contributed by atoms with Crippen LogP contribution in [0.1, 0.15) is 5.56 Å². The predicted molar refractivity (Wildman–Crippen MR) is 87.5 cm³/mol. The van der Waals surface area contributed by atoms with Crippen LogP contribution in [0.4, 0.5) is 0 Å². The normalized spacial score (nSPS) is 22.7. The zero-order chi connectivity index (χ0) is 14.2. The summed E-state index contributed by atoms with van der Waals surface area (Å²) in [5.41, 5.74) is 2.44. The Labute approximate surface area is 132 Å². The van der Waals surface area contributed by atoms with Gasteiger partial charge in [-0.1, -0.05) is 30.0 Å². The molecule has 4 nitrogen and oxygen atoms in total. The Morgan fingerprint density at radius 3 is 3.24 bits per heavy atom. The molecular weight excluding hydrogens is 302 g/mol. The lowest BCUT2D eigenvalue weighted by Crippen LogP contribution is -2.36. The van der Waals surface area contributed by atoms with E-state index in [4.69, 9.17) is 0 Å². The van der Waals surface area contributed by atoms with Gasteiger partial charge in [-0.15, -0.1) is 11.8 Å². The van der Waals surface area contributed by atoms with Gasteiger partial charge in [0.05, 0.1) is 18.3 Å². The first-order chi connectivity index (χ1) is 10.3. The number of rotatable bonds is 3. The number of thioether (sulfide) groups is 2. The third-order valence-corrected chi connectivity index (χ3v) is 6.10. The van der Waals surface area contributed by atoms with Crippen LogP contribution in [0.3, 0.4) is 0 Å². The second kappa shape index (κ2) is 5.42. The summed E-state index contributed by atoms with van der Waals surface area (Å²) < 4.78 is 0. The Bertz CT molecular complexity index is 631. The number of carbonyl (C=O) groups is 1. The van der Waals surface area contributed by atoms with Gasteiger partial charge in [-0.3, -0.25) is 9.79 Å². The van der Waals surface area contributed by atoms with E-state index in [1.807, 2.05) is 12.1 Å². The molecule has 3 heterocycles. The first kappa shape index (κ1) is 13.3. The molecule has 1 N–H and O–H groups in total. The minimum Gasteiger partial charge on any atom is -0.350 e. The highest BCUT2D eigenvalue weighted by Crippen LogP contribution is 2.36. The lowest BCUT2D eigenvalue weighted by molar-refractivity contribution is -0.120. The van der Waals surface area contributed by atoms with Crippen LogP contribution in [0.25, 0.3) is 0 Å². The summed E-state index contributed by atoms with van der Waals surface area (Å²) in [5.74, 6) is 0.131. The SMILES string of the molecule is O=C(NCC1=CSC2=NCCN12)C1Cc2ccccc2S1. The van der Waals surface area contributed by atoms with Crippen LogP contribution in [0.5, 0.6) is 0 Å². The molecule has 1 amide bonds. The number of aliphatic imine (C=N–C) groups is 1. The molecule has 3 aliphatic rings. The van der Waals surface area contributed by atoms with Crippen molar-refractivity contribution in [2.75, 3.05) is 19.6 Å². The van der Waals surface area contributed by atoms with E-state index in [-0.39, 0.29) is 11.2 Å². The maximum Gasteiger partial charge on any atom is 0.234 e. The van der Waals surface area contributed by atoms with Crippen molar-refractivity contribution in [3.8, 4) is 0 Å². The molecule has 0 aromatic heterocycles. The molecule has 0 aliphatic carbocycles. The highest BCUT2D eigenvalue weighted by Gasteiger charge is 2.30. The van der Waals surface area contributed by atoms with Crippen molar-refractivity contribution in [1.82, 2.24) is 10.2 Å². The number of hydrogen-bond acceptors (Lipinski definition) is 5. The van der Waals surface area contributed by atoms with Gasteiger partial charge >= 0.3 is 0 Å². The number of benzene rings is 1. The summed E-state index contributed by atoms with van der Waals surface area (Å²) in [6, 6.07) is 8.27. The molecule has 0 bridgehead atoms. The van der Waals surface area contributed by atoms with E-state index < -0.39 is 0 Å². The van der Waals surface area contributed by atoms with E-state index in [9.17, 15) is 4.79 Å². The van der Waals surface area contributed by atoms with Crippen LogP contribution in [0, 0.1) is 0 Å². The smallest absolute Gasteiger partial charge is 0.234 e. The first-order valence-corrected chi connectivity index (χ1v) is 8.77. The van der Waals surface area contributed by atoms with E-state index in [1.165, 1.54) is 10.5 Å². The van der Waals surface area contributed by atoms with Crippen molar-refractivity contribution >= 4 is 34.6 Å². The molecule has 0 saturated carbocycles. The lowest BCUT2D eigenvalue weighted by Gasteiger charge is -2.17. The summed E-state index contributed by atoms with van der Waals surface area (Å²) in [7, 11) is 0. The molecule has 21 heavy (non-hydrogen) atoms. The highest BCUT2D eigenvalue weighted by molar-refractivity contribution is 8.16. The van der Waals surface area contributed by atoms with Crippen molar-refractivity contribution in [3.63, 3.8) is 0 Å². The van der Waals surface area contributed by atoms with Gasteiger partial charge in [0.25, 0.3) is 0 Å². The average Bonchev–Trinajstić information content (AvgIpc) is 3.19. The minimum absolute atomic E-state index is 0.00349. The molecule has 1 atom stereocenters. The molecule has 1 unspecified atom stereocenters. The lowest BCUT2D eigenvalue weighted by atomic mass is 10.1. The fraction of sp³-hybridized carbons (Fsp3) is 0.333. The molecule has 1 aromatic rings. The molecule has 6 heteroatoms. The van der Waals surface area contributed by atoms with Crippen molar-refractivity contribution in [3.05, 3.63) is 40.9 Å². The van der Waals surface area contributed by atoms with Crippen molar-refractivity contribution in [2.24, 2.45) is 4.99 Å². The van der Waals surface area contributed by atoms with E-state index in [2.05, 4.69) is 32.7 Å². The summed E-state index contributed by atoms with van der Waals surface area (Å²) >= 11 is 3.32. The quantitative estimate of drug-likeness (QED) is 0.927. The van der Waals surface area contributed by atoms with Gasteiger partial charge in [-0.2, -0.15) is 0 Å². The first-order valence-electron chi connectivity index (χ1n) is 7.01. The number of hydrogen-bond donors (Lipinski definition) is 1. The van der Waals surface area contributed by atoms with Crippen molar-refractivity contribution < 1.29 is 4.79 Å². The van der Waals surface area contributed by atoms with Crippen molar-refractivity contribution in [1.29, 1.82) is 0 Å². The number of nitrogens with zero attached hydrogens (tertiary/aromatic N) is 2. The Morgan fingerprint density at radius 1 is 1.43 bits per heavy atom. The molecule has 0 fully saturated rings. The number of amidine groups is 1. The van der Waals surface area contributed by atoms with Crippen molar-refractivity contribution in [2.45, 2.75) is 16.6 Å². The van der Waals surface area contributed by atoms with Crippen LogP contribution in [0.15, 0.2) is 45.3 Å². The largest absolute Gasteiger partial charge is 0.350 e. The molecule has 108 valence electrons. The van der Waals surface area contributed by atoms with Crippen LogP contribution >= 0.6 is 23.5 Å². The second-order valence-corrected chi connectivity index (χ2v) is 7.26. The number of carbonyl (C=O) groups excluding carboxylic acids is 1. The third kappa shape index (κ3) is 2.46. The van der Waals surface area contributed by atoms with E-state index >= 15 is 0 Å². The van der Waals surface area contributed by atoms with Gasteiger partial charge in [0.2, 0.25) is 5.91 Å².